The molecule has 0 spiro atoms. The van der Waals surface area contributed by atoms with Crippen LogP contribution < -0.4 is 0 Å². The van der Waals surface area contributed by atoms with Gasteiger partial charge in [0.1, 0.15) is 5.60 Å². The van der Waals surface area contributed by atoms with Gasteiger partial charge in [0.25, 0.3) is 0 Å². The Morgan fingerprint density at radius 1 is 1.33 bits per heavy atom. The van der Waals surface area contributed by atoms with Crippen molar-refractivity contribution in [3.05, 3.63) is 0 Å². The van der Waals surface area contributed by atoms with Crippen molar-refractivity contribution in [1.82, 2.24) is 0 Å². The summed E-state index contributed by atoms with van der Waals surface area (Å²) in [5, 5.41) is 0. The van der Waals surface area contributed by atoms with Gasteiger partial charge in [-0.2, -0.15) is 0 Å². The molecule has 2 unspecified atom stereocenters. The number of rotatable bonds is 3. The van der Waals surface area contributed by atoms with Crippen LogP contribution in [0.25, 0.3) is 0 Å². The third kappa shape index (κ3) is 1.80. The molecule has 2 bridgehead atoms. The number of carbonyl (C=O) groups is 1. The highest BCUT2D eigenvalue weighted by Crippen LogP contribution is 2.68. The van der Waals surface area contributed by atoms with Crippen LogP contribution in [0.3, 0.4) is 0 Å². The molecule has 2 heteroatoms. The SMILES string of the molecule is CCC(C)(C)OC(=O)C1CC2CC[C@]1(C)C2(C)C. The molecule has 2 aliphatic carbocycles. The van der Waals surface area contributed by atoms with E-state index >= 15 is 0 Å². The Morgan fingerprint density at radius 2 is 1.94 bits per heavy atom. The van der Waals surface area contributed by atoms with Gasteiger partial charge in [-0.05, 0) is 56.3 Å². The second-order valence-electron chi connectivity index (χ2n) is 7.70. The second kappa shape index (κ2) is 3.98. The summed E-state index contributed by atoms with van der Waals surface area (Å²) in [4.78, 5) is 12.5. The van der Waals surface area contributed by atoms with Crippen LogP contribution in [0.15, 0.2) is 0 Å². The molecule has 0 heterocycles. The second-order valence-corrected chi connectivity index (χ2v) is 7.70. The van der Waals surface area contributed by atoms with Crippen LogP contribution >= 0.6 is 0 Å². The molecule has 0 amide bonds. The summed E-state index contributed by atoms with van der Waals surface area (Å²) < 4.78 is 5.74. The summed E-state index contributed by atoms with van der Waals surface area (Å²) in [5.41, 5.74) is 0.102. The van der Waals surface area contributed by atoms with E-state index in [-0.39, 0.29) is 28.3 Å². The number of hydrogen-bond donors (Lipinski definition) is 0. The molecule has 2 nitrogen and oxygen atoms in total. The van der Waals surface area contributed by atoms with Crippen molar-refractivity contribution in [2.24, 2.45) is 22.7 Å². The maximum absolute atomic E-state index is 12.5. The summed E-state index contributed by atoms with van der Waals surface area (Å²) in [7, 11) is 0. The van der Waals surface area contributed by atoms with Crippen LogP contribution in [0.5, 0.6) is 0 Å². The van der Waals surface area contributed by atoms with E-state index in [1.54, 1.807) is 0 Å². The number of fused-ring (bicyclic) bond motifs is 2. The van der Waals surface area contributed by atoms with Crippen molar-refractivity contribution in [3.63, 3.8) is 0 Å². The largest absolute Gasteiger partial charge is 0.459 e. The summed E-state index contributed by atoms with van der Waals surface area (Å²) in [5.74, 6) is 0.849. The molecule has 2 fully saturated rings. The summed E-state index contributed by atoms with van der Waals surface area (Å²) in [6.07, 6.45) is 4.36. The zero-order valence-electron chi connectivity index (χ0n) is 12.8. The molecule has 2 rings (SSSR count). The highest BCUT2D eigenvalue weighted by atomic mass is 16.6. The van der Waals surface area contributed by atoms with Gasteiger partial charge in [0.15, 0.2) is 0 Å². The van der Waals surface area contributed by atoms with Gasteiger partial charge >= 0.3 is 5.97 Å². The minimum atomic E-state index is -0.320. The van der Waals surface area contributed by atoms with Crippen molar-refractivity contribution in [3.8, 4) is 0 Å². The summed E-state index contributed by atoms with van der Waals surface area (Å²) in [6.45, 7) is 13.0. The first-order chi connectivity index (χ1) is 8.14. The van der Waals surface area contributed by atoms with Crippen molar-refractivity contribution in [2.75, 3.05) is 0 Å². The van der Waals surface area contributed by atoms with E-state index in [9.17, 15) is 4.79 Å². The minimum Gasteiger partial charge on any atom is -0.459 e. The Hall–Kier alpha value is -0.530. The Balaban J connectivity index is 2.15. The lowest BCUT2D eigenvalue weighted by Crippen LogP contribution is -2.40. The normalized spacial score (nSPS) is 37.9. The van der Waals surface area contributed by atoms with E-state index in [1.807, 2.05) is 13.8 Å². The molecule has 0 saturated heterocycles. The molecule has 0 N–H and O–H groups in total. The summed E-state index contributed by atoms with van der Waals surface area (Å²) in [6, 6.07) is 0. The molecule has 3 atom stereocenters. The molecule has 2 aliphatic rings. The van der Waals surface area contributed by atoms with Gasteiger partial charge in [0, 0.05) is 0 Å². The fourth-order valence-corrected chi connectivity index (χ4v) is 3.98. The number of hydrogen-bond acceptors (Lipinski definition) is 2. The van der Waals surface area contributed by atoms with Gasteiger partial charge in [-0.1, -0.05) is 27.7 Å². The van der Waals surface area contributed by atoms with Crippen LogP contribution in [0, 0.1) is 22.7 Å². The summed E-state index contributed by atoms with van der Waals surface area (Å²) >= 11 is 0. The van der Waals surface area contributed by atoms with Gasteiger partial charge in [0.05, 0.1) is 5.92 Å². The highest BCUT2D eigenvalue weighted by Gasteiger charge is 2.63. The average molecular weight is 252 g/mol. The van der Waals surface area contributed by atoms with E-state index in [1.165, 1.54) is 12.8 Å². The topological polar surface area (TPSA) is 26.3 Å². The van der Waals surface area contributed by atoms with Gasteiger partial charge in [-0.3, -0.25) is 4.79 Å². The van der Waals surface area contributed by atoms with Crippen LogP contribution in [0.4, 0.5) is 0 Å². The maximum Gasteiger partial charge on any atom is 0.310 e. The Morgan fingerprint density at radius 3 is 2.33 bits per heavy atom. The predicted molar refractivity (Wildman–Crippen MR) is 73.2 cm³/mol. The van der Waals surface area contributed by atoms with Crippen molar-refractivity contribution >= 4 is 5.97 Å². The first kappa shape index (κ1) is 13.9. The van der Waals surface area contributed by atoms with Crippen LogP contribution in [-0.4, -0.2) is 11.6 Å². The van der Waals surface area contributed by atoms with Gasteiger partial charge in [-0.15, -0.1) is 0 Å². The van der Waals surface area contributed by atoms with Crippen LogP contribution in [-0.2, 0) is 9.53 Å². The van der Waals surface area contributed by atoms with Crippen molar-refractivity contribution in [2.45, 2.75) is 72.8 Å². The van der Waals surface area contributed by atoms with E-state index in [0.717, 1.165) is 12.8 Å². The number of carbonyl (C=O) groups excluding carboxylic acids is 1. The zero-order valence-corrected chi connectivity index (χ0v) is 12.8. The van der Waals surface area contributed by atoms with E-state index in [0.29, 0.717) is 5.92 Å². The molecule has 0 radical (unpaired) electrons. The standard InChI is InChI=1S/C16H28O2/c1-7-14(2,3)18-13(17)12-10-11-8-9-16(12,6)15(11,4)5/h11-12H,7-10H2,1-6H3/t11?,12?,16-/m0/s1. The van der Waals surface area contributed by atoms with Crippen molar-refractivity contribution in [1.29, 1.82) is 0 Å². The fourth-order valence-electron chi connectivity index (χ4n) is 3.98. The number of esters is 1. The Labute approximate surface area is 111 Å². The van der Waals surface area contributed by atoms with E-state index in [2.05, 4.69) is 27.7 Å². The third-order valence-corrected chi connectivity index (χ3v) is 6.31. The van der Waals surface area contributed by atoms with E-state index in [4.69, 9.17) is 4.74 Å². The smallest absolute Gasteiger partial charge is 0.310 e. The van der Waals surface area contributed by atoms with Gasteiger partial charge in [-0.25, -0.2) is 0 Å². The molecular weight excluding hydrogens is 224 g/mol. The molecule has 2 saturated carbocycles. The first-order valence-electron chi connectivity index (χ1n) is 7.37. The molecule has 18 heavy (non-hydrogen) atoms. The molecule has 0 aromatic carbocycles. The minimum absolute atomic E-state index is 0.0413. The lowest BCUT2D eigenvalue weighted by Gasteiger charge is -2.39. The van der Waals surface area contributed by atoms with Gasteiger partial charge < -0.3 is 4.74 Å². The van der Waals surface area contributed by atoms with Gasteiger partial charge in [0.2, 0.25) is 0 Å². The van der Waals surface area contributed by atoms with Crippen molar-refractivity contribution < 1.29 is 9.53 Å². The Kier molecular flexibility index (Phi) is 3.07. The highest BCUT2D eigenvalue weighted by molar-refractivity contribution is 5.75. The van der Waals surface area contributed by atoms with E-state index < -0.39 is 0 Å². The zero-order chi connectivity index (χ0) is 13.8. The molecule has 104 valence electrons. The Bertz CT molecular complexity index is 356. The first-order valence-corrected chi connectivity index (χ1v) is 7.37. The fraction of sp³-hybridized carbons (Fsp3) is 0.938. The average Bonchev–Trinajstić information content (AvgIpc) is 2.60. The quantitative estimate of drug-likeness (QED) is 0.704. The molecule has 0 aliphatic heterocycles. The molecular formula is C16H28O2. The lowest BCUT2D eigenvalue weighted by molar-refractivity contribution is -0.167. The number of ether oxygens (including phenoxy) is 1. The molecule has 0 aromatic heterocycles. The van der Waals surface area contributed by atoms with Crippen LogP contribution in [0.2, 0.25) is 0 Å². The third-order valence-electron chi connectivity index (χ3n) is 6.31. The predicted octanol–water partition coefficient (Wildman–Crippen LogP) is 4.18. The maximum atomic E-state index is 12.5. The monoisotopic (exact) mass is 252 g/mol. The van der Waals surface area contributed by atoms with Crippen LogP contribution in [0.1, 0.15) is 67.2 Å². The molecule has 0 aromatic rings. The lowest BCUT2D eigenvalue weighted by atomic mass is 9.67.